The van der Waals surface area contributed by atoms with Gasteiger partial charge in [0, 0.05) is 13.1 Å². The van der Waals surface area contributed by atoms with Crippen molar-refractivity contribution in [2.24, 2.45) is 0 Å². The molecule has 0 radical (unpaired) electrons. The Bertz CT molecular complexity index is 463. The van der Waals surface area contributed by atoms with Gasteiger partial charge < -0.3 is 4.90 Å². The maximum Gasteiger partial charge on any atom is 0.307 e. The van der Waals surface area contributed by atoms with Crippen LogP contribution in [0.2, 0.25) is 0 Å². The largest absolute Gasteiger partial charge is 0.341 e. The maximum atomic E-state index is 12.3. The van der Waals surface area contributed by atoms with Crippen molar-refractivity contribution in [3.05, 3.63) is 22.5 Å². The molecule has 2 rings (SSSR count). The summed E-state index contributed by atoms with van der Waals surface area (Å²) >= 11 is 0. The molecule has 0 N–H and O–H groups in total. The van der Waals surface area contributed by atoms with Crippen LogP contribution in [0.15, 0.2) is 12.4 Å². The third-order valence-corrected chi connectivity index (χ3v) is 3.47. The average molecular weight is 266 g/mol. The van der Waals surface area contributed by atoms with Gasteiger partial charge in [-0.2, -0.15) is 5.10 Å². The molecular formula is C12H18N4O3. The van der Waals surface area contributed by atoms with Crippen LogP contribution in [-0.4, -0.2) is 38.6 Å². The van der Waals surface area contributed by atoms with Gasteiger partial charge >= 0.3 is 5.69 Å². The van der Waals surface area contributed by atoms with Crippen molar-refractivity contribution < 1.29 is 9.72 Å². The van der Waals surface area contributed by atoms with Crippen molar-refractivity contribution in [1.29, 1.82) is 0 Å². The number of rotatable bonds is 3. The predicted molar refractivity (Wildman–Crippen MR) is 68.6 cm³/mol. The predicted octanol–water partition coefficient (Wildman–Crippen LogP) is 1.75. The van der Waals surface area contributed by atoms with Crippen LogP contribution < -0.4 is 0 Å². The first-order chi connectivity index (χ1) is 9.09. The molecule has 1 amide bonds. The summed E-state index contributed by atoms with van der Waals surface area (Å²) in [6, 6.07) is -0.494. The van der Waals surface area contributed by atoms with Gasteiger partial charge in [0.15, 0.2) is 0 Å². The van der Waals surface area contributed by atoms with Crippen molar-refractivity contribution in [2.45, 2.75) is 38.6 Å². The molecule has 1 saturated heterocycles. The molecule has 0 saturated carbocycles. The van der Waals surface area contributed by atoms with Crippen LogP contribution in [0.5, 0.6) is 0 Å². The number of carbonyl (C=O) groups is 1. The number of likely N-dealkylation sites (tertiary alicyclic amines) is 1. The van der Waals surface area contributed by atoms with E-state index in [1.165, 1.54) is 17.1 Å². The standard InChI is InChI=1S/C12H18N4O3/c1-10(15-9-11(8-13-15)16(18)19)12(17)14-6-4-2-3-5-7-14/h8-10H,2-7H2,1H3. The molecule has 1 aliphatic heterocycles. The number of amides is 1. The van der Waals surface area contributed by atoms with Crippen molar-refractivity contribution in [3.63, 3.8) is 0 Å². The van der Waals surface area contributed by atoms with E-state index >= 15 is 0 Å². The van der Waals surface area contributed by atoms with E-state index in [0.29, 0.717) is 0 Å². The highest BCUT2D eigenvalue weighted by atomic mass is 16.6. The van der Waals surface area contributed by atoms with E-state index in [2.05, 4.69) is 5.10 Å². The van der Waals surface area contributed by atoms with E-state index in [1.807, 2.05) is 4.90 Å². The zero-order valence-corrected chi connectivity index (χ0v) is 11.0. The van der Waals surface area contributed by atoms with E-state index in [4.69, 9.17) is 0 Å². The number of carbonyl (C=O) groups excluding carboxylic acids is 1. The fraction of sp³-hybridized carbons (Fsp3) is 0.667. The Morgan fingerprint density at radius 1 is 1.37 bits per heavy atom. The van der Waals surface area contributed by atoms with Crippen molar-refractivity contribution >= 4 is 11.6 Å². The molecule has 1 aromatic heterocycles. The first-order valence-corrected chi connectivity index (χ1v) is 6.57. The Kier molecular flexibility index (Phi) is 4.13. The third kappa shape index (κ3) is 3.10. The second-order valence-corrected chi connectivity index (χ2v) is 4.85. The van der Waals surface area contributed by atoms with E-state index in [1.54, 1.807) is 6.92 Å². The first-order valence-electron chi connectivity index (χ1n) is 6.57. The third-order valence-electron chi connectivity index (χ3n) is 3.47. The minimum Gasteiger partial charge on any atom is -0.341 e. The minimum atomic E-state index is -0.507. The van der Waals surface area contributed by atoms with Crippen molar-refractivity contribution in [1.82, 2.24) is 14.7 Å². The fourth-order valence-electron chi connectivity index (χ4n) is 2.30. The summed E-state index contributed by atoms with van der Waals surface area (Å²) in [6.07, 6.45) is 6.85. The van der Waals surface area contributed by atoms with Crippen LogP contribution >= 0.6 is 0 Å². The fourth-order valence-corrected chi connectivity index (χ4v) is 2.30. The van der Waals surface area contributed by atoms with Gasteiger partial charge in [0.05, 0.1) is 4.92 Å². The van der Waals surface area contributed by atoms with Gasteiger partial charge in [-0.05, 0) is 19.8 Å². The molecule has 1 aliphatic rings. The van der Waals surface area contributed by atoms with E-state index in [-0.39, 0.29) is 11.6 Å². The normalized spacial score (nSPS) is 17.8. The van der Waals surface area contributed by atoms with Gasteiger partial charge in [-0.3, -0.25) is 19.6 Å². The Balaban J connectivity index is 2.06. The summed E-state index contributed by atoms with van der Waals surface area (Å²) in [5, 5.41) is 14.5. The van der Waals surface area contributed by atoms with Crippen LogP contribution in [0.3, 0.4) is 0 Å². The van der Waals surface area contributed by atoms with Gasteiger partial charge in [-0.15, -0.1) is 0 Å². The van der Waals surface area contributed by atoms with Gasteiger partial charge in [0.1, 0.15) is 18.4 Å². The van der Waals surface area contributed by atoms with E-state index in [0.717, 1.165) is 38.8 Å². The van der Waals surface area contributed by atoms with E-state index < -0.39 is 11.0 Å². The lowest BCUT2D eigenvalue weighted by Crippen LogP contribution is -2.37. The molecule has 104 valence electrons. The molecule has 0 aromatic carbocycles. The average Bonchev–Trinajstić information content (AvgIpc) is 2.73. The molecule has 1 fully saturated rings. The summed E-state index contributed by atoms with van der Waals surface area (Å²) in [4.78, 5) is 24.3. The lowest BCUT2D eigenvalue weighted by atomic mass is 10.2. The second kappa shape index (κ2) is 5.81. The Morgan fingerprint density at radius 3 is 2.53 bits per heavy atom. The molecule has 1 aromatic rings. The zero-order chi connectivity index (χ0) is 13.8. The van der Waals surface area contributed by atoms with Crippen molar-refractivity contribution in [2.75, 3.05) is 13.1 Å². The molecule has 1 atom stereocenters. The van der Waals surface area contributed by atoms with E-state index in [9.17, 15) is 14.9 Å². The summed E-state index contributed by atoms with van der Waals surface area (Å²) in [5.41, 5.74) is -0.0875. The maximum absolute atomic E-state index is 12.3. The van der Waals surface area contributed by atoms with Gasteiger partial charge in [-0.1, -0.05) is 12.8 Å². The van der Waals surface area contributed by atoms with Crippen LogP contribution in [0.25, 0.3) is 0 Å². The Hall–Kier alpha value is -1.92. The molecule has 0 spiro atoms. The lowest BCUT2D eigenvalue weighted by Gasteiger charge is -2.24. The molecule has 0 aliphatic carbocycles. The lowest BCUT2D eigenvalue weighted by molar-refractivity contribution is -0.385. The Labute approximate surface area is 111 Å². The molecule has 7 nitrogen and oxygen atoms in total. The summed E-state index contributed by atoms with van der Waals surface area (Å²) in [5.74, 6) is -0.0140. The highest BCUT2D eigenvalue weighted by Gasteiger charge is 2.24. The highest BCUT2D eigenvalue weighted by molar-refractivity contribution is 5.80. The Morgan fingerprint density at radius 2 is 2.00 bits per heavy atom. The molecule has 1 unspecified atom stereocenters. The van der Waals surface area contributed by atoms with Gasteiger partial charge in [-0.25, -0.2) is 0 Å². The SMILES string of the molecule is CC(C(=O)N1CCCCCC1)n1cc([N+](=O)[O-])cn1. The highest BCUT2D eigenvalue weighted by Crippen LogP contribution is 2.17. The zero-order valence-electron chi connectivity index (χ0n) is 11.0. The molecule has 0 bridgehead atoms. The van der Waals surface area contributed by atoms with Crippen LogP contribution in [0, 0.1) is 10.1 Å². The number of nitrogens with zero attached hydrogens (tertiary/aromatic N) is 4. The quantitative estimate of drug-likeness (QED) is 0.616. The molecule has 2 heterocycles. The minimum absolute atomic E-state index is 0.0140. The van der Waals surface area contributed by atoms with Gasteiger partial charge in [0.25, 0.3) is 0 Å². The monoisotopic (exact) mass is 266 g/mol. The van der Waals surface area contributed by atoms with Crippen LogP contribution in [-0.2, 0) is 4.79 Å². The number of nitro groups is 1. The number of hydrogen-bond acceptors (Lipinski definition) is 4. The number of hydrogen-bond donors (Lipinski definition) is 0. The summed E-state index contributed by atoms with van der Waals surface area (Å²) in [6.45, 7) is 3.27. The first kappa shape index (κ1) is 13.5. The topological polar surface area (TPSA) is 81.3 Å². The van der Waals surface area contributed by atoms with Crippen LogP contribution in [0.1, 0.15) is 38.6 Å². The molecular weight excluding hydrogens is 248 g/mol. The van der Waals surface area contributed by atoms with Crippen molar-refractivity contribution in [3.8, 4) is 0 Å². The number of aromatic nitrogens is 2. The summed E-state index contributed by atoms with van der Waals surface area (Å²) in [7, 11) is 0. The smallest absolute Gasteiger partial charge is 0.307 e. The van der Waals surface area contributed by atoms with Gasteiger partial charge in [0.2, 0.25) is 5.91 Å². The molecule has 19 heavy (non-hydrogen) atoms. The second-order valence-electron chi connectivity index (χ2n) is 4.85. The summed E-state index contributed by atoms with van der Waals surface area (Å²) < 4.78 is 1.37. The molecule has 7 heteroatoms. The van der Waals surface area contributed by atoms with Crippen LogP contribution in [0.4, 0.5) is 5.69 Å².